The summed E-state index contributed by atoms with van der Waals surface area (Å²) in [5.41, 5.74) is 4.51. The van der Waals surface area contributed by atoms with Gasteiger partial charge in [0.1, 0.15) is 0 Å². The van der Waals surface area contributed by atoms with Crippen molar-refractivity contribution in [2.24, 2.45) is 0 Å². The molecule has 0 bridgehead atoms. The van der Waals surface area contributed by atoms with E-state index in [0.717, 1.165) is 45.7 Å². The molecular weight excluding hydrogens is 224 g/mol. The number of nitrogens with one attached hydrogen (secondary N) is 2. The lowest BCUT2D eigenvalue weighted by atomic mass is 9.97. The highest BCUT2D eigenvalue weighted by molar-refractivity contribution is 5.33. The summed E-state index contributed by atoms with van der Waals surface area (Å²) in [7, 11) is 0. The van der Waals surface area contributed by atoms with Crippen LogP contribution in [0.3, 0.4) is 0 Å². The van der Waals surface area contributed by atoms with Crippen LogP contribution in [0.4, 0.5) is 0 Å². The van der Waals surface area contributed by atoms with Gasteiger partial charge in [-0.1, -0.05) is 18.2 Å². The van der Waals surface area contributed by atoms with Crippen molar-refractivity contribution in [1.29, 1.82) is 0 Å². The van der Waals surface area contributed by atoms with E-state index in [1.54, 1.807) is 0 Å². The second-order valence-electron chi connectivity index (χ2n) is 5.75. The average molecular weight is 246 g/mol. The molecule has 0 radical (unpaired) electrons. The zero-order chi connectivity index (χ0) is 12.4. The van der Waals surface area contributed by atoms with Crippen LogP contribution in [0.15, 0.2) is 18.2 Å². The molecule has 0 saturated carbocycles. The Kier molecular flexibility index (Phi) is 3.37. The summed E-state index contributed by atoms with van der Waals surface area (Å²) >= 11 is 0. The molecule has 0 amide bonds. The molecule has 2 aliphatic rings. The lowest BCUT2D eigenvalue weighted by molar-refractivity contribution is 0.171. The Bertz CT molecular complexity index is 425. The number of ether oxygens (including phenoxy) is 1. The van der Waals surface area contributed by atoms with E-state index in [1.807, 2.05) is 0 Å². The first-order chi connectivity index (χ1) is 8.75. The van der Waals surface area contributed by atoms with E-state index in [4.69, 9.17) is 4.74 Å². The highest BCUT2D eigenvalue weighted by atomic mass is 16.5. The molecule has 1 aromatic rings. The van der Waals surface area contributed by atoms with Crippen LogP contribution in [0.5, 0.6) is 0 Å². The third kappa shape index (κ3) is 2.58. The van der Waals surface area contributed by atoms with Crippen LogP contribution >= 0.6 is 0 Å². The molecule has 0 aromatic heterocycles. The molecule has 1 saturated heterocycles. The highest BCUT2D eigenvalue weighted by Gasteiger charge is 2.28. The van der Waals surface area contributed by atoms with E-state index < -0.39 is 0 Å². The summed E-state index contributed by atoms with van der Waals surface area (Å²) in [6.07, 6.45) is 2.27. The summed E-state index contributed by atoms with van der Waals surface area (Å²) < 4.78 is 5.47. The molecule has 1 aromatic carbocycles. The number of fused-ring (bicyclic) bond motifs is 1. The fourth-order valence-corrected chi connectivity index (χ4v) is 2.77. The smallest absolute Gasteiger partial charge is 0.0646 e. The Morgan fingerprint density at radius 3 is 3.17 bits per heavy atom. The number of benzene rings is 1. The molecule has 2 N–H and O–H groups in total. The Hall–Kier alpha value is -0.900. The van der Waals surface area contributed by atoms with Crippen LogP contribution in [0.1, 0.15) is 30.0 Å². The third-order valence-corrected chi connectivity index (χ3v) is 4.10. The maximum Gasteiger partial charge on any atom is 0.0646 e. The van der Waals surface area contributed by atoms with Gasteiger partial charge >= 0.3 is 0 Å². The predicted molar refractivity (Wildman–Crippen MR) is 72.5 cm³/mol. The van der Waals surface area contributed by atoms with Gasteiger partial charge in [-0.25, -0.2) is 0 Å². The molecule has 3 nitrogen and oxygen atoms in total. The normalized spacial score (nSPS) is 27.2. The van der Waals surface area contributed by atoms with Crippen molar-refractivity contribution in [3.05, 3.63) is 34.9 Å². The maximum atomic E-state index is 5.47. The Labute approximate surface area is 109 Å². The van der Waals surface area contributed by atoms with Crippen molar-refractivity contribution in [2.75, 3.05) is 19.8 Å². The van der Waals surface area contributed by atoms with Crippen LogP contribution in [0.25, 0.3) is 0 Å². The van der Waals surface area contributed by atoms with E-state index >= 15 is 0 Å². The molecule has 3 rings (SSSR count). The molecule has 2 heterocycles. The van der Waals surface area contributed by atoms with E-state index in [1.165, 1.54) is 16.7 Å². The minimum atomic E-state index is 0.161. The number of hydrogen-bond acceptors (Lipinski definition) is 3. The molecule has 98 valence electrons. The van der Waals surface area contributed by atoms with Crippen LogP contribution in [-0.2, 0) is 24.2 Å². The number of rotatable bonds is 3. The van der Waals surface area contributed by atoms with Gasteiger partial charge in [-0.05, 0) is 43.0 Å². The standard InChI is InChI=1S/C15H22N2O/c1-15(5-7-18-11-15)17-9-12-2-3-13-4-6-16-10-14(13)8-12/h2-3,8,16-17H,4-7,9-11H2,1H3. The van der Waals surface area contributed by atoms with Gasteiger partial charge in [0.05, 0.1) is 6.61 Å². The second kappa shape index (κ2) is 5.00. The first-order valence-corrected chi connectivity index (χ1v) is 6.89. The SMILES string of the molecule is CC1(NCc2ccc3c(c2)CNCC3)CCOC1. The van der Waals surface area contributed by atoms with Gasteiger partial charge in [-0.2, -0.15) is 0 Å². The first-order valence-electron chi connectivity index (χ1n) is 6.89. The monoisotopic (exact) mass is 246 g/mol. The quantitative estimate of drug-likeness (QED) is 0.850. The van der Waals surface area contributed by atoms with Crippen LogP contribution in [-0.4, -0.2) is 25.3 Å². The van der Waals surface area contributed by atoms with Crippen molar-refractivity contribution in [1.82, 2.24) is 10.6 Å². The molecule has 1 fully saturated rings. The molecule has 1 atom stereocenters. The van der Waals surface area contributed by atoms with Crippen LogP contribution in [0, 0.1) is 0 Å². The zero-order valence-electron chi connectivity index (χ0n) is 11.1. The maximum absolute atomic E-state index is 5.47. The molecule has 0 aliphatic carbocycles. The van der Waals surface area contributed by atoms with E-state index in [-0.39, 0.29) is 5.54 Å². The fourth-order valence-electron chi connectivity index (χ4n) is 2.77. The highest BCUT2D eigenvalue weighted by Crippen LogP contribution is 2.20. The Balaban J connectivity index is 1.66. The Morgan fingerprint density at radius 1 is 1.39 bits per heavy atom. The molecule has 1 unspecified atom stereocenters. The van der Waals surface area contributed by atoms with E-state index in [0.29, 0.717) is 0 Å². The predicted octanol–water partition coefficient (Wildman–Crippen LogP) is 1.60. The summed E-state index contributed by atoms with van der Waals surface area (Å²) in [5, 5.41) is 7.07. The van der Waals surface area contributed by atoms with Crippen molar-refractivity contribution >= 4 is 0 Å². The molecule has 18 heavy (non-hydrogen) atoms. The van der Waals surface area contributed by atoms with Crippen LogP contribution in [0.2, 0.25) is 0 Å². The van der Waals surface area contributed by atoms with Gasteiger partial charge in [-0.3, -0.25) is 0 Å². The Morgan fingerprint density at radius 2 is 2.33 bits per heavy atom. The van der Waals surface area contributed by atoms with Crippen molar-refractivity contribution < 1.29 is 4.74 Å². The second-order valence-corrected chi connectivity index (χ2v) is 5.75. The molecular formula is C15H22N2O. The van der Waals surface area contributed by atoms with Gasteiger partial charge in [0.2, 0.25) is 0 Å². The van der Waals surface area contributed by atoms with E-state index in [9.17, 15) is 0 Å². The summed E-state index contributed by atoms with van der Waals surface area (Å²) in [4.78, 5) is 0. The van der Waals surface area contributed by atoms with Crippen molar-refractivity contribution in [3.8, 4) is 0 Å². The third-order valence-electron chi connectivity index (χ3n) is 4.10. The number of hydrogen-bond donors (Lipinski definition) is 2. The van der Waals surface area contributed by atoms with Crippen molar-refractivity contribution in [3.63, 3.8) is 0 Å². The van der Waals surface area contributed by atoms with Gasteiger partial charge in [0.25, 0.3) is 0 Å². The van der Waals surface area contributed by atoms with Gasteiger partial charge in [-0.15, -0.1) is 0 Å². The summed E-state index contributed by atoms with van der Waals surface area (Å²) in [5.74, 6) is 0. The lowest BCUT2D eigenvalue weighted by Gasteiger charge is -2.24. The van der Waals surface area contributed by atoms with Crippen molar-refractivity contribution in [2.45, 2.75) is 38.4 Å². The van der Waals surface area contributed by atoms with Gasteiger partial charge < -0.3 is 15.4 Å². The minimum absolute atomic E-state index is 0.161. The van der Waals surface area contributed by atoms with Crippen LogP contribution < -0.4 is 10.6 Å². The fraction of sp³-hybridized carbons (Fsp3) is 0.600. The minimum Gasteiger partial charge on any atom is -0.379 e. The summed E-state index contributed by atoms with van der Waals surface area (Å²) in [6.45, 7) is 7.04. The lowest BCUT2D eigenvalue weighted by Crippen LogP contribution is -2.42. The molecule has 3 heteroatoms. The summed E-state index contributed by atoms with van der Waals surface area (Å²) in [6, 6.07) is 6.89. The largest absolute Gasteiger partial charge is 0.379 e. The van der Waals surface area contributed by atoms with E-state index in [2.05, 4.69) is 35.8 Å². The molecule has 2 aliphatic heterocycles. The average Bonchev–Trinajstić information content (AvgIpc) is 2.84. The first kappa shape index (κ1) is 12.2. The topological polar surface area (TPSA) is 33.3 Å². The van der Waals surface area contributed by atoms with Gasteiger partial charge in [0, 0.05) is 25.2 Å². The van der Waals surface area contributed by atoms with Gasteiger partial charge in [0.15, 0.2) is 0 Å². The zero-order valence-corrected chi connectivity index (χ0v) is 11.1. The molecule has 0 spiro atoms.